The number of ether oxygens (including phenoxy) is 1. The first-order valence-electron chi connectivity index (χ1n) is 9.58. The number of benzene rings is 1. The lowest BCUT2D eigenvalue weighted by Gasteiger charge is -2.38. The van der Waals surface area contributed by atoms with Crippen LogP contribution < -0.4 is 4.90 Å². The van der Waals surface area contributed by atoms with Gasteiger partial charge in [-0.1, -0.05) is 18.2 Å². The molecule has 3 rings (SSSR count). The standard InChI is InChI=1S/C21H28N2O4/c1-21(2,3)27-20(26)23-10-8-22(9-11-23)19-7-5-4-6-18(19)15-12-16(24)14-17(25)13-15/h4-7,15H,8-14H2,1-3H3. The molecule has 146 valence electrons. The first kappa shape index (κ1) is 19.4. The molecule has 1 heterocycles. The first-order valence-corrected chi connectivity index (χ1v) is 9.58. The van der Waals surface area contributed by atoms with Gasteiger partial charge in [-0.15, -0.1) is 0 Å². The van der Waals surface area contributed by atoms with E-state index in [2.05, 4.69) is 4.90 Å². The van der Waals surface area contributed by atoms with Gasteiger partial charge >= 0.3 is 6.09 Å². The van der Waals surface area contributed by atoms with E-state index in [-0.39, 0.29) is 30.0 Å². The topological polar surface area (TPSA) is 66.9 Å². The Hall–Kier alpha value is -2.37. The fourth-order valence-corrected chi connectivity index (χ4v) is 3.78. The summed E-state index contributed by atoms with van der Waals surface area (Å²) in [4.78, 5) is 40.0. The van der Waals surface area contributed by atoms with Crippen LogP contribution in [-0.2, 0) is 14.3 Å². The summed E-state index contributed by atoms with van der Waals surface area (Å²) in [5.41, 5.74) is 1.62. The van der Waals surface area contributed by atoms with Crippen LogP contribution in [0.3, 0.4) is 0 Å². The maximum atomic E-state index is 12.3. The molecule has 2 fully saturated rings. The van der Waals surface area contributed by atoms with Crippen LogP contribution >= 0.6 is 0 Å². The van der Waals surface area contributed by atoms with Crippen LogP contribution in [0.5, 0.6) is 0 Å². The SMILES string of the molecule is CC(C)(C)OC(=O)N1CCN(c2ccccc2C2CC(=O)CC(=O)C2)CC1. The summed E-state index contributed by atoms with van der Waals surface area (Å²) < 4.78 is 5.45. The van der Waals surface area contributed by atoms with Crippen molar-refractivity contribution in [1.29, 1.82) is 0 Å². The predicted octanol–water partition coefficient (Wildman–Crippen LogP) is 3.15. The third-order valence-electron chi connectivity index (χ3n) is 4.99. The number of carbonyl (C=O) groups excluding carboxylic acids is 3. The minimum absolute atomic E-state index is 0.0285. The highest BCUT2D eigenvalue weighted by Crippen LogP contribution is 2.35. The molecular weight excluding hydrogens is 344 g/mol. The number of piperazine rings is 1. The smallest absolute Gasteiger partial charge is 0.410 e. The molecule has 0 N–H and O–H groups in total. The van der Waals surface area contributed by atoms with Crippen molar-refractivity contribution < 1.29 is 19.1 Å². The number of amides is 1. The van der Waals surface area contributed by atoms with E-state index in [1.807, 2.05) is 45.0 Å². The highest BCUT2D eigenvalue weighted by atomic mass is 16.6. The summed E-state index contributed by atoms with van der Waals surface area (Å²) in [7, 11) is 0. The molecule has 27 heavy (non-hydrogen) atoms. The van der Waals surface area contributed by atoms with Crippen LogP contribution in [0.4, 0.5) is 10.5 Å². The molecule has 1 aliphatic carbocycles. The maximum Gasteiger partial charge on any atom is 0.410 e. The van der Waals surface area contributed by atoms with E-state index in [1.54, 1.807) is 4.90 Å². The highest BCUT2D eigenvalue weighted by Gasteiger charge is 2.31. The van der Waals surface area contributed by atoms with Gasteiger partial charge in [-0.05, 0) is 38.3 Å². The molecule has 0 aromatic heterocycles. The van der Waals surface area contributed by atoms with Crippen molar-refractivity contribution in [2.24, 2.45) is 0 Å². The third kappa shape index (κ3) is 4.87. The first-order chi connectivity index (χ1) is 12.7. The van der Waals surface area contributed by atoms with Crippen molar-refractivity contribution in [2.75, 3.05) is 31.1 Å². The Labute approximate surface area is 160 Å². The van der Waals surface area contributed by atoms with Crippen molar-refractivity contribution in [3.8, 4) is 0 Å². The molecule has 0 bridgehead atoms. The van der Waals surface area contributed by atoms with E-state index in [0.29, 0.717) is 39.0 Å². The Morgan fingerprint density at radius 1 is 1.00 bits per heavy atom. The molecule has 2 aliphatic rings. The number of rotatable bonds is 2. The minimum atomic E-state index is -0.499. The Bertz CT molecular complexity index is 714. The molecule has 0 unspecified atom stereocenters. The van der Waals surface area contributed by atoms with Gasteiger partial charge in [0.1, 0.15) is 17.2 Å². The third-order valence-corrected chi connectivity index (χ3v) is 4.99. The van der Waals surface area contributed by atoms with Crippen molar-refractivity contribution in [3.05, 3.63) is 29.8 Å². The summed E-state index contributed by atoms with van der Waals surface area (Å²) >= 11 is 0. The van der Waals surface area contributed by atoms with Crippen LogP contribution in [0, 0.1) is 0 Å². The Morgan fingerprint density at radius 2 is 1.59 bits per heavy atom. The summed E-state index contributed by atoms with van der Waals surface area (Å²) in [5.74, 6) is 0.0143. The van der Waals surface area contributed by atoms with Crippen molar-refractivity contribution in [3.63, 3.8) is 0 Å². The fourth-order valence-electron chi connectivity index (χ4n) is 3.78. The van der Waals surface area contributed by atoms with E-state index >= 15 is 0 Å². The molecule has 1 amide bonds. The molecule has 0 radical (unpaired) electrons. The second-order valence-electron chi connectivity index (χ2n) is 8.37. The summed E-state index contributed by atoms with van der Waals surface area (Å²) in [6, 6.07) is 8.00. The number of para-hydroxylation sites is 1. The summed E-state index contributed by atoms with van der Waals surface area (Å²) in [6.45, 7) is 8.17. The van der Waals surface area contributed by atoms with Crippen LogP contribution in [0.15, 0.2) is 24.3 Å². The number of hydrogen-bond donors (Lipinski definition) is 0. The van der Waals surface area contributed by atoms with Gasteiger partial charge < -0.3 is 14.5 Å². The van der Waals surface area contributed by atoms with Gasteiger partial charge in [-0.25, -0.2) is 4.79 Å². The van der Waals surface area contributed by atoms with Gasteiger partial charge in [0.15, 0.2) is 0 Å². The van der Waals surface area contributed by atoms with E-state index in [4.69, 9.17) is 4.74 Å². The molecule has 1 aromatic rings. The second kappa shape index (κ2) is 7.71. The van der Waals surface area contributed by atoms with Crippen molar-refractivity contribution in [2.45, 2.75) is 51.6 Å². The van der Waals surface area contributed by atoms with Crippen LogP contribution in [0.2, 0.25) is 0 Å². The van der Waals surface area contributed by atoms with Crippen molar-refractivity contribution >= 4 is 23.3 Å². The van der Waals surface area contributed by atoms with E-state index in [1.165, 1.54) is 0 Å². The largest absolute Gasteiger partial charge is 0.444 e. The lowest BCUT2D eigenvalue weighted by atomic mass is 9.81. The summed E-state index contributed by atoms with van der Waals surface area (Å²) in [6.07, 6.45) is 0.660. The minimum Gasteiger partial charge on any atom is -0.444 e. The number of hydrogen-bond acceptors (Lipinski definition) is 5. The molecule has 1 aromatic carbocycles. The molecule has 1 saturated heterocycles. The monoisotopic (exact) mass is 372 g/mol. The Kier molecular flexibility index (Phi) is 5.53. The van der Waals surface area contributed by atoms with E-state index in [0.717, 1.165) is 11.3 Å². The van der Waals surface area contributed by atoms with Gasteiger partial charge in [0.2, 0.25) is 0 Å². The van der Waals surface area contributed by atoms with Crippen LogP contribution in [0.25, 0.3) is 0 Å². The normalized spacial score (nSPS) is 19.4. The molecular formula is C21H28N2O4. The Morgan fingerprint density at radius 3 is 2.19 bits per heavy atom. The second-order valence-corrected chi connectivity index (χ2v) is 8.37. The zero-order valence-electron chi connectivity index (χ0n) is 16.4. The lowest BCUT2D eigenvalue weighted by Crippen LogP contribution is -2.50. The number of Topliss-reactive ketones (excluding diaryl/α,β-unsaturated/α-hetero) is 2. The Balaban J connectivity index is 1.69. The highest BCUT2D eigenvalue weighted by molar-refractivity contribution is 6.02. The molecule has 0 spiro atoms. The molecule has 6 nitrogen and oxygen atoms in total. The van der Waals surface area contributed by atoms with E-state index in [9.17, 15) is 14.4 Å². The number of carbonyl (C=O) groups is 3. The number of nitrogens with zero attached hydrogens (tertiary/aromatic N) is 2. The average molecular weight is 372 g/mol. The number of ketones is 2. The quantitative estimate of drug-likeness (QED) is 0.746. The molecule has 1 aliphatic heterocycles. The molecule has 1 saturated carbocycles. The summed E-state index contributed by atoms with van der Waals surface area (Å²) in [5, 5.41) is 0. The van der Waals surface area contributed by atoms with Gasteiger partial charge in [0.05, 0.1) is 6.42 Å². The van der Waals surface area contributed by atoms with Gasteiger partial charge in [-0.2, -0.15) is 0 Å². The van der Waals surface area contributed by atoms with Gasteiger partial charge in [0.25, 0.3) is 0 Å². The fraction of sp³-hybridized carbons (Fsp3) is 0.571. The average Bonchev–Trinajstić information content (AvgIpc) is 2.59. The van der Waals surface area contributed by atoms with Crippen LogP contribution in [-0.4, -0.2) is 54.3 Å². The van der Waals surface area contributed by atoms with Gasteiger partial charge in [-0.3, -0.25) is 9.59 Å². The lowest BCUT2D eigenvalue weighted by molar-refractivity contribution is -0.130. The van der Waals surface area contributed by atoms with Crippen LogP contribution in [0.1, 0.15) is 51.5 Å². The van der Waals surface area contributed by atoms with Gasteiger partial charge in [0, 0.05) is 44.7 Å². The number of anilines is 1. The maximum absolute atomic E-state index is 12.3. The van der Waals surface area contributed by atoms with Crippen molar-refractivity contribution in [1.82, 2.24) is 4.90 Å². The zero-order valence-corrected chi connectivity index (χ0v) is 16.4. The molecule has 0 atom stereocenters. The zero-order chi connectivity index (χ0) is 19.6. The predicted molar refractivity (Wildman–Crippen MR) is 103 cm³/mol. The molecule has 6 heteroatoms. The van der Waals surface area contributed by atoms with E-state index < -0.39 is 5.60 Å².